The Labute approximate surface area is 103 Å². The van der Waals surface area contributed by atoms with E-state index in [2.05, 4.69) is 10.1 Å². The Kier molecular flexibility index (Phi) is 5.41. The van der Waals surface area contributed by atoms with E-state index in [1.54, 1.807) is 0 Å². The van der Waals surface area contributed by atoms with Gasteiger partial charge in [0.05, 0.1) is 12.3 Å². The van der Waals surface area contributed by atoms with Crippen LogP contribution in [0.25, 0.3) is 0 Å². The van der Waals surface area contributed by atoms with Crippen molar-refractivity contribution in [3.8, 4) is 0 Å². The van der Waals surface area contributed by atoms with Crippen molar-refractivity contribution in [3.63, 3.8) is 0 Å². The molecular formula is C12H23N3O2. The SMILES string of the molecule is CCN(CC)C(=O)CN1CCC(=NO)C(C)C1. The summed E-state index contributed by atoms with van der Waals surface area (Å²) in [6.45, 7) is 9.63. The smallest absolute Gasteiger partial charge is 0.236 e. The van der Waals surface area contributed by atoms with Crippen LogP contribution in [0.2, 0.25) is 0 Å². The van der Waals surface area contributed by atoms with Gasteiger partial charge in [-0.15, -0.1) is 0 Å². The molecule has 1 amide bonds. The number of oxime groups is 1. The molecule has 1 aliphatic heterocycles. The van der Waals surface area contributed by atoms with Gasteiger partial charge in [0.2, 0.25) is 5.91 Å². The number of piperidine rings is 1. The van der Waals surface area contributed by atoms with Crippen LogP contribution in [-0.4, -0.2) is 59.3 Å². The van der Waals surface area contributed by atoms with Gasteiger partial charge in [0.1, 0.15) is 0 Å². The topological polar surface area (TPSA) is 56.1 Å². The summed E-state index contributed by atoms with van der Waals surface area (Å²) in [6, 6.07) is 0. The maximum Gasteiger partial charge on any atom is 0.236 e. The molecule has 0 spiro atoms. The van der Waals surface area contributed by atoms with Crippen molar-refractivity contribution in [1.82, 2.24) is 9.80 Å². The van der Waals surface area contributed by atoms with Crippen molar-refractivity contribution < 1.29 is 10.0 Å². The molecule has 1 atom stereocenters. The summed E-state index contributed by atoms with van der Waals surface area (Å²) >= 11 is 0. The van der Waals surface area contributed by atoms with E-state index in [1.165, 1.54) is 0 Å². The molecule has 1 aliphatic rings. The molecule has 5 nitrogen and oxygen atoms in total. The monoisotopic (exact) mass is 241 g/mol. The Balaban J connectivity index is 2.46. The second-order valence-corrected chi connectivity index (χ2v) is 4.54. The van der Waals surface area contributed by atoms with Gasteiger partial charge in [-0.2, -0.15) is 0 Å². The first-order chi connectivity index (χ1) is 8.12. The van der Waals surface area contributed by atoms with E-state index in [-0.39, 0.29) is 11.8 Å². The summed E-state index contributed by atoms with van der Waals surface area (Å²) < 4.78 is 0. The summed E-state index contributed by atoms with van der Waals surface area (Å²) in [4.78, 5) is 15.9. The largest absolute Gasteiger partial charge is 0.411 e. The predicted molar refractivity (Wildman–Crippen MR) is 67.4 cm³/mol. The number of likely N-dealkylation sites (N-methyl/N-ethyl adjacent to an activating group) is 1. The molecule has 0 aromatic heterocycles. The van der Waals surface area contributed by atoms with Crippen LogP contribution < -0.4 is 0 Å². The summed E-state index contributed by atoms with van der Waals surface area (Å²) in [5.74, 6) is 0.421. The second kappa shape index (κ2) is 6.59. The van der Waals surface area contributed by atoms with Gasteiger partial charge in [0.25, 0.3) is 0 Å². The van der Waals surface area contributed by atoms with Crippen LogP contribution in [0.1, 0.15) is 27.2 Å². The lowest BCUT2D eigenvalue weighted by Crippen LogP contribution is -2.46. The zero-order valence-electron chi connectivity index (χ0n) is 11.0. The quantitative estimate of drug-likeness (QED) is 0.591. The number of hydrogen-bond donors (Lipinski definition) is 1. The minimum atomic E-state index is 0.187. The van der Waals surface area contributed by atoms with Gasteiger partial charge in [-0.1, -0.05) is 12.1 Å². The Bertz CT molecular complexity index is 287. The van der Waals surface area contributed by atoms with Crippen LogP contribution in [0.4, 0.5) is 0 Å². The Hall–Kier alpha value is -1.10. The van der Waals surface area contributed by atoms with Crippen molar-refractivity contribution in [1.29, 1.82) is 0 Å². The number of carbonyl (C=O) groups excluding carboxylic acids is 1. The minimum absolute atomic E-state index is 0.187. The van der Waals surface area contributed by atoms with E-state index < -0.39 is 0 Å². The third kappa shape index (κ3) is 3.70. The predicted octanol–water partition coefficient (Wildman–Crippen LogP) is 1.03. The first-order valence-electron chi connectivity index (χ1n) is 6.33. The summed E-state index contributed by atoms with van der Waals surface area (Å²) in [6.07, 6.45) is 0.753. The first-order valence-corrected chi connectivity index (χ1v) is 6.33. The molecular weight excluding hydrogens is 218 g/mol. The van der Waals surface area contributed by atoms with E-state index in [1.807, 2.05) is 25.7 Å². The highest BCUT2D eigenvalue weighted by atomic mass is 16.4. The van der Waals surface area contributed by atoms with Crippen LogP contribution in [0.3, 0.4) is 0 Å². The van der Waals surface area contributed by atoms with Gasteiger partial charge in [-0.05, 0) is 13.8 Å². The normalized spacial score (nSPS) is 23.9. The highest BCUT2D eigenvalue weighted by Gasteiger charge is 2.24. The highest BCUT2D eigenvalue weighted by molar-refractivity contribution is 5.87. The average Bonchev–Trinajstić information content (AvgIpc) is 2.31. The standard InChI is InChI=1S/C12H23N3O2/c1-4-15(5-2)12(16)9-14-7-6-11(13-17)10(3)8-14/h10,17H,4-9H2,1-3H3. The number of amides is 1. The van der Waals surface area contributed by atoms with Gasteiger partial charge in [-0.3, -0.25) is 9.69 Å². The average molecular weight is 241 g/mol. The highest BCUT2D eigenvalue weighted by Crippen LogP contribution is 2.13. The van der Waals surface area contributed by atoms with Crippen molar-refractivity contribution in [2.75, 3.05) is 32.7 Å². The van der Waals surface area contributed by atoms with Gasteiger partial charge >= 0.3 is 0 Å². The number of nitrogens with zero attached hydrogens (tertiary/aromatic N) is 3. The molecule has 0 saturated carbocycles. The van der Waals surface area contributed by atoms with Crippen molar-refractivity contribution in [2.45, 2.75) is 27.2 Å². The lowest BCUT2D eigenvalue weighted by Gasteiger charge is -2.32. The molecule has 17 heavy (non-hydrogen) atoms. The fraction of sp³-hybridized carbons (Fsp3) is 0.833. The maximum atomic E-state index is 11.9. The number of likely N-dealkylation sites (tertiary alicyclic amines) is 1. The summed E-state index contributed by atoms with van der Waals surface area (Å²) in [5.41, 5.74) is 0.844. The van der Waals surface area contributed by atoms with Crippen LogP contribution in [0.15, 0.2) is 5.16 Å². The molecule has 5 heteroatoms. The molecule has 0 bridgehead atoms. The molecule has 0 aromatic carbocycles. The van der Waals surface area contributed by atoms with E-state index in [4.69, 9.17) is 5.21 Å². The Morgan fingerprint density at radius 2 is 2.18 bits per heavy atom. The second-order valence-electron chi connectivity index (χ2n) is 4.54. The number of rotatable bonds is 4. The van der Waals surface area contributed by atoms with E-state index in [0.29, 0.717) is 6.54 Å². The lowest BCUT2D eigenvalue weighted by atomic mass is 9.98. The third-order valence-corrected chi connectivity index (χ3v) is 3.39. The molecule has 1 saturated heterocycles. The van der Waals surface area contributed by atoms with Crippen LogP contribution in [0, 0.1) is 5.92 Å². The molecule has 98 valence electrons. The fourth-order valence-corrected chi connectivity index (χ4v) is 2.26. The van der Waals surface area contributed by atoms with Crippen molar-refractivity contribution in [2.24, 2.45) is 11.1 Å². The number of carbonyl (C=O) groups is 1. The Morgan fingerprint density at radius 3 is 2.65 bits per heavy atom. The molecule has 1 unspecified atom stereocenters. The molecule has 1 heterocycles. The van der Waals surface area contributed by atoms with Crippen LogP contribution in [-0.2, 0) is 4.79 Å². The number of hydrogen-bond acceptors (Lipinski definition) is 4. The first kappa shape index (κ1) is 14.0. The lowest BCUT2D eigenvalue weighted by molar-refractivity contribution is -0.132. The van der Waals surface area contributed by atoms with E-state index in [9.17, 15) is 4.79 Å². The minimum Gasteiger partial charge on any atom is -0.411 e. The van der Waals surface area contributed by atoms with Gasteiger partial charge in [0.15, 0.2) is 0 Å². The molecule has 0 radical (unpaired) electrons. The molecule has 1 rings (SSSR count). The zero-order chi connectivity index (χ0) is 12.8. The van der Waals surface area contributed by atoms with Crippen molar-refractivity contribution in [3.05, 3.63) is 0 Å². The fourth-order valence-electron chi connectivity index (χ4n) is 2.26. The Morgan fingerprint density at radius 1 is 1.53 bits per heavy atom. The van der Waals surface area contributed by atoms with E-state index >= 15 is 0 Å². The molecule has 0 aromatic rings. The van der Waals surface area contributed by atoms with Crippen LogP contribution in [0.5, 0.6) is 0 Å². The zero-order valence-corrected chi connectivity index (χ0v) is 11.0. The van der Waals surface area contributed by atoms with Crippen LogP contribution >= 0.6 is 0 Å². The van der Waals surface area contributed by atoms with Crippen molar-refractivity contribution >= 4 is 11.6 Å². The van der Waals surface area contributed by atoms with Gasteiger partial charge in [0, 0.05) is 38.5 Å². The molecule has 1 N–H and O–H groups in total. The van der Waals surface area contributed by atoms with Gasteiger partial charge in [-0.25, -0.2) is 0 Å². The summed E-state index contributed by atoms with van der Waals surface area (Å²) in [5, 5.41) is 12.1. The molecule has 0 aliphatic carbocycles. The van der Waals surface area contributed by atoms with E-state index in [0.717, 1.165) is 38.3 Å². The molecule has 1 fully saturated rings. The maximum absolute atomic E-state index is 11.9. The van der Waals surface area contributed by atoms with Gasteiger partial charge < -0.3 is 10.1 Å². The third-order valence-electron chi connectivity index (χ3n) is 3.39. The summed E-state index contributed by atoms with van der Waals surface area (Å²) in [7, 11) is 0.